The summed E-state index contributed by atoms with van der Waals surface area (Å²) in [5.41, 5.74) is -0.848. The van der Waals surface area contributed by atoms with Gasteiger partial charge in [-0.25, -0.2) is 0 Å². The number of benzene rings is 2. The van der Waals surface area contributed by atoms with Crippen molar-refractivity contribution in [1.29, 1.82) is 5.26 Å². The van der Waals surface area contributed by atoms with Gasteiger partial charge in [-0.15, -0.1) is 13.2 Å². The maximum atomic E-state index is 12.5. The van der Waals surface area contributed by atoms with Crippen LogP contribution in [0.2, 0.25) is 10.0 Å². The number of hydrogen-bond acceptors (Lipinski definition) is 4. The normalized spacial score (nSPS) is 13.5. The molecule has 30 heavy (non-hydrogen) atoms. The third-order valence-electron chi connectivity index (χ3n) is 4.08. The molecule has 0 bridgehead atoms. The summed E-state index contributed by atoms with van der Waals surface area (Å²) >= 11 is 12.1. The lowest BCUT2D eigenvalue weighted by Gasteiger charge is -2.23. The Hall–Kier alpha value is -2.96. The molecule has 0 spiro atoms. The molecule has 3 aromatic rings. The zero-order valence-corrected chi connectivity index (χ0v) is 16.8. The molecule has 156 valence electrons. The molecule has 0 aliphatic heterocycles. The molecule has 6 nitrogen and oxygen atoms in total. The van der Waals surface area contributed by atoms with Crippen LogP contribution in [0.15, 0.2) is 42.6 Å². The Balaban J connectivity index is 1.76. The number of carbonyl (C=O) groups excluding carboxylic acids is 1. The Bertz CT molecular complexity index is 1140. The van der Waals surface area contributed by atoms with Gasteiger partial charge in [0.15, 0.2) is 0 Å². The summed E-state index contributed by atoms with van der Waals surface area (Å²) in [5.74, 6) is -1.10. The van der Waals surface area contributed by atoms with E-state index in [0.29, 0.717) is 15.9 Å². The van der Waals surface area contributed by atoms with Crippen molar-refractivity contribution < 1.29 is 22.7 Å². The van der Waals surface area contributed by atoms with Crippen LogP contribution in [-0.2, 0) is 6.54 Å². The third-order valence-corrected chi connectivity index (χ3v) is 4.88. The number of fused-ring (bicyclic) bond motifs is 1. The van der Waals surface area contributed by atoms with Gasteiger partial charge in [0.2, 0.25) is 0 Å². The first-order valence-corrected chi connectivity index (χ1v) is 9.16. The van der Waals surface area contributed by atoms with Crippen LogP contribution in [0, 0.1) is 11.3 Å². The second-order valence-corrected chi connectivity index (χ2v) is 7.38. The maximum Gasteiger partial charge on any atom is 0.573 e. The van der Waals surface area contributed by atoms with Crippen LogP contribution < -0.4 is 10.1 Å². The van der Waals surface area contributed by atoms with Gasteiger partial charge in [0.05, 0.1) is 22.7 Å². The fraction of sp³-hybridized carbons (Fsp3) is 0.211. The maximum absolute atomic E-state index is 12.5. The monoisotopic (exact) mass is 456 g/mol. The zero-order valence-electron chi connectivity index (χ0n) is 15.3. The first-order chi connectivity index (χ1) is 14.0. The number of hydrogen-bond donors (Lipinski definition) is 1. The lowest BCUT2D eigenvalue weighted by Crippen LogP contribution is -2.48. The van der Waals surface area contributed by atoms with Crippen molar-refractivity contribution in [3.63, 3.8) is 0 Å². The van der Waals surface area contributed by atoms with Crippen molar-refractivity contribution in [3.05, 3.63) is 58.2 Å². The average molecular weight is 457 g/mol. The number of halogens is 5. The summed E-state index contributed by atoms with van der Waals surface area (Å²) in [6.45, 7) is 1.49. The topological polar surface area (TPSA) is 79.9 Å². The van der Waals surface area contributed by atoms with Crippen molar-refractivity contribution in [1.82, 2.24) is 15.1 Å². The van der Waals surface area contributed by atoms with Gasteiger partial charge >= 0.3 is 6.36 Å². The highest BCUT2D eigenvalue weighted by molar-refractivity contribution is 6.44. The van der Waals surface area contributed by atoms with E-state index in [2.05, 4.69) is 15.2 Å². The minimum absolute atomic E-state index is 0.00681. The zero-order chi connectivity index (χ0) is 22.1. The highest BCUT2D eigenvalue weighted by Crippen LogP contribution is 2.30. The van der Waals surface area contributed by atoms with Crippen LogP contribution in [0.1, 0.15) is 17.3 Å². The second kappa shape index (κ2) is 8.05. The van der Waals surface area contributed by atoms with Crippen LogP contribution in [0.5, 0.6) is 5.75 Å². The van der Waals surface area contributed by atoms with Crippen molar-refractivity contribution >= 4 is 40.0 Å². The summed E-state index contributed by atoms with van der Waals surface area (Å²) in [4.78, 5) is 12.5. The van der Waals surface area contributed by atoms with Crippen molar-refractivity contribution in [2.45, 2.75) is 25.4 Å². The summed E-state index contributed by atoms with van der Waals surface area (Å²) in [6.07, 6.45) is -3.17. The molecule has 1 aromatic heterocycles. The molecule has 0 fully saturated rings. The molecule has 1 unspecified atom stereocenters. The van der Waals surface area contributed by atoms with Crippen LogP contribution in [0.3, 0.4) is 0 Å². The molecule has 2 aromatic carbocycles. The van der Waals surface area contributed by atoms with Gasteiger partial charge in [-0.3, -0.25) is 9.48 Å². The van der Waals surface area contributed by atoms with Crippen LogP contribution in [0.25, 0.3) is 10.9 Å². The van der Waals surface area contributed by atoms with Crippen LogP contribution in [-0.4, -0.2) is 27.6 Å². The molecule has 0 aliphatic rings. The smallest absolute Gasteiger partial charge is 0.406 e. The second-order valence-electron chi connectivity index (χ2n) is 6.60. The van der Waals surface area contributed by atoms with Gasteiger partial charge in [-0.05, 0) is 43.3 Å². The summed E-state index contributed by atoms with van der Waals surface area (Å²) < 4.78 is 41.9. The number of carbonyl (C=O) groups is 1. The van der Waals surface area contributed by atoms with E-state index >= 15 is 0 Å². The summed E-state index contributed by atoms with van der Waals surface area (Å²) in [5, 5.41) is 17.8. The Morgan fingerprint density at radius 1 is 1.23 bits per heavy atom. The predicted octanol–water partition coefficient (Wildman–Crippen LogP) is 4.95. The number of aromatic nitrogens is 2. The molecular formula is C19H13Cl2F3N4O2. The van der Waals surface area contributed by atoms with Gasteiger partial charge in [0.25, 0.3) is 5.91 Å². The Morgan fingerprint density at radius 3 is 2.50 bits per heavy atom. The molecule has 11 heteroatoms. The molecule has 1 atom stereocenters. The first kappa shape index (κ1) is 21.7. The summed E-state index contributed by atoms with van der Waals surface area (Å²) in [7, 11) is 0. The molecule has 1 heterocycles. The van der Waals surface area contributed by atoms with E-state index in [9.17, 15) is 23.2 Å². The molecule has 1 N–H and O–H groups in total. The number of amides is 1. The number of ether oxygens (including phenoxy) is 1. The van der Waals surface area contributed by atoms with E-state index in [1.165, 1.54) is 11.6 Å². The van der Waals surface area contributed by atoms with Gasteiger partial charge in [0.1, 0.15) is 16.8 Å². The highest BCUT2D eigenvalue weighted by atomic mass is 35.5. The van der Waals surface area contributed by atoms with E-state index < -0.39 is 23.6 Å². The van der Waals surface area contributed by atoms with E-state index in [-0.39, 0.29) is 17.1 Å². The Morgan fingerprint density at radius 2 is 1.90 bits per heavy atom. The largest absolute Gasteiger partial charge is 0.573 e. The fourth-order valence-electron chi connectivity index (χ4n) is 2.72. The van der Waals surface area contributed by atoms with Crippen LogP contribution >= 0.6 is 23.2 Å². The molecule has 0 radical (unpaired) electrons. The molecule has 0 aliphatic carbocycles. The molecule has 1 amide bonds. The lowest BCUT2D eigenvalue weighted by molar-refractivity contribution is -0.274. The first-order valence-electron chi connectivity index (χ1n) is 8.40. The lowest BCUT2D eigenvalue weighted by atomic mass is 10.0. The van der Waals surface area contributed by atoms with Crippen molar-refractivity contribution in [2.75, 3.05) is 0 Å². The number of nitrogens with one attached hydrogen (secondary N) is 1. The van der Waals surface area contributed by atoms with Crippen molar-refractivity contribution in [3.8, 4) is 11.8 Å². The fourth-order valence-corrected chi connectivity index (χ4v) is 3.08. The Kier molecular flexibility index (Phi) is 5.83. The van der Waals surface area contributed by atoms with Gasteiger partial charge in [-0.2, -0.15) is 10.4 Å². The van der Waals surface area contributed by atoms with Crippen LogP contribution in [0.4, 0.5) is 13.2 Å². The number of nitriles is 1. The van der Waals surface area contributed by atoms with E-state index in [4.69, 9.17) is 23.2 Å². The van der Waals surface area contributed by atoms with Gasteiger partial charge in [0, 0.05) is 17.1 Å². The van der Waals surface area contributed by atoms with Gasteiger partial charge < -0.3 is 10.1 Å². The Labute approximate surface area is 178 Å². The van der Waals surface area contributed by atoms with E-state index in [1.807, 2.05) is 6.07 Å². The number of alkyl halides is 3. The summed E-state index contributed by atoms with van der Waals surface area (Å²) in [6, 6.07) is 9.71. The number of nitrogens with zero attached hydrogens (tertiary/aromatic N) is 3. The molecule has 0 saturated heterocycles. The quantitative estimate of drug-likeness (QED) is 0.588. The molecule has 0 saturated carbocycles. The highest BCUT2D eigenvalue weighted by Gasteiger charge is 2.31. The van der Waals surface area contributed by atoms with E-state index in [0.717, 1.165) is 24.3 Å². The minimum atomic E-state index is -4.83. The molecular weight excluding hydrogens is 444 g/mol. The molecule has 3 rings (SSSR count). The van der Waals surface area contributed by atoms with E-state index in [1.54, 1.807) is 18.3 Å². The van der Waals surface area contributed by atoms with Crippen molar-refractivity contribution in [2.24, 2.45) is 0 Å². The standard InChI is InChI=1S/C19H13Cl2F3N4O2/c1-18(9-25,10-28-8-12-4-7-14(20)15(21)16(12)27-28)26-17(29)11-2-5-13(6-3-11)30-19(22,23)24/h2-8H,10H2,1H3,(H,26,29). The average Bonchev–Trinajstić information content (AvgIpc) is 3.07. The number of rotatable bonds is 5. The third kappa shape index (κ3) is 4.96. The SMILES string of the molecule is CC(C#N)(Cn1cc2ccc(Cl)c(Cl)c2n1)NC(=O)c1ccc(OC(F)(F)F)cc1. The van der Waals surface area contributed by atoms with Gasteiger partial charge in [-0.1, -0.05) is 23.2 Å². The predicted molar refractivity (Wildman–Crippen MR) is 104 cm³/mol. The minimum Gasteiger partial charge on any atom is -0.406 e.